The molecule has 2 nitrogen and oxygen atoms in total. The summed E-state index contributed by atoms with van der Waals surface area (Å²) in [6, 6.07) is 17.0. The van der Waals surface area contributed by atoms with Gasteiger partial charge in [-0.05, 0) is 56.1 Å². The van der Waals surface area contributed by atoms with Crippen molar-refractivity contribution in [1.82, 2.24) is 0 Å². The summed E-state index contributed by atoms with van der Waals surface area (Å²) in [5.74, 6) is 0. The van der Waals surface area contributed by atoms with Crippen LogP contribution >= 0.6 is 22.9 Å². The molecule has 5 heteroatoms. The average Bonchev–Trinajstić information content (AvgIpc) is 3.10. The average molecular weight is 395 g/mol. The number of hydrogen-bond donors (Lipinski definition) is 0. The fourth-order valence-corrected chi connectivity index (χ4v) is 5.19. The molecule has 27 heavy (non-hydrogen) atoms. The van der Waals surface area contributed by atoms with Crippen LogP contribution in [0, 0.1) is 0 Å². The topological polar surface area (TPSA) is 18.5 Å². The van der Waals surface area contributed by atoms with E-state index in [1.165, 1.54) is 26.2 Å². The van der Waals surface area contributed by atoms with E-state index in [9.17, 15) is 0 Å². The summed E-state index contributed by atoms with van der Waals surface area (Å²) in [4.78, 5) is 0. The predicted molar refractivity (Wildman–Crippen MR) is 118 cm³/mol. The normalized spacial score (nSPS) is 18.8. The molecule has 3 aromatic carbocycles. The molecule has 0 bridgehead atoms. The largest absolute Gasteiger partial charge is 0.494 e. The van der Waals surface area contributed by atoms with Crippen LogP contribution in [0.3, 0.4) is 0 Å². The first-order valence-electron chi connectivity index (χ1n) is 9.16. The van der Waals surface area contributed by atoms with E-state index < -0.39 is 7.12 Å². The zero-order valence-electron chi connectivity index (χ0n) is 15.8. The number of halogens is 1. The molecule has 136 valence electrons. The van der Waals surface area contributed by atoms with Crippen LogP contribution in [-0.4, -0.2) is 18.3 Å². The number of thiophene rings is 1. The van der Waals surface area contributed by atoms with Crippen molar-refractivity contribution in [2.45, 2.75) is 38.9 Å². The first-order valence-corrected chi connectivity index (χ1v) is 10.4. The van der Waals surface area contributed by atoms with E-state index in [0.29, 0.717) is 0 Å². The highest BCUT2D eigenvalue weighted by Gasteiger charge is 2.51. The maximum Gasteiger partial charge on any atom is 0.494 e. The molecule has 2 heterocycles. The molecule has 0 unspecified atom stereocenters. The van der Waals surface area contributed by atoms with Crippen molar-refractivity contribution in [3.63, 3.8) is 0 Å². The van der Waals surface area contributed by atoms with Gasteiger partial charge in [-0.15, -0.1) is 11.3 Å². The second-order valence-electron chi connectivity index (χ2n) is 8.23. The van der Waals surface area contributed by atoms with Gasteiger partial charge in [0.2, 0.25) is 0 Å². The first-order chi connectivity index (χ1) is 12.8. The molecule has 0 saturated carbocycles. The van der Waals surface area contributed by atoms with Gasteiger partial charge in [-0.25, -0.2) is 0 Å². The Bertz CT molecular complexity index is 1200. The molecule has 0 N–H and O–H groups in total. The number of fused-ring (bicyclic) bond motifs is 5. The van der Waals surface area contributed by atoms with Crippen molar-refractivity contribution in [3.05, 3.63) is 53.6 Å². The van der Waals surface area contributed by atoms with Gasteiger partial charge < -0.3 is 9.31 Å². The van der Waals surface area contributed by atoms with E-state index in [-0.39, 0.29) is 11.2 Å². The minimum Gasteiger partial charge on any atom is -0.399 e. The highest BCUT2D eigenvalue weighted by molar-refractivity contribution is 7.26. The Kier molecular flexibility index (Phi) is 3.70. The Morgan fingerprint density at radius 1 is 0.889 bits per heavy atom. The van der Waals surface area contributed by atoms with Gasteiger partial charge in [-0.2, -0.15) is 0 Å². The van der Waals surface area contributed by atoms with Crippen molar-refractivity contribution in [1.29, 1.82) is 0 Å². The third kappa shape index (κ3) is 2.55. The summed E-state index contributed by atoms with van der Waals surface area (Å²) in [5, 5.41) is 5.67. The molecule has 0 aliphatic carbocycles. The van der Waals surface area contributed by atoms with Crippen molar-refractivity contribution >= 4 is 66.5 Å². The summed E-state index contributed by atoms with van der Waals surface area (Å²) in [5.41, 5.74) is 0.226. The molecule has 1 aliphatic rings. The Labute approximate surface area is 168 Å². The lowest BCUT2D eigenvalue weighted by molar-refractivity contribution is 0.00578. The Balaban J connectivity index is 1.77. The monoisotopic (exact) mass is 394 g/mol. The zero-order chi connectivity index (χ0) is 19.0. The van der Waals surface area contributed by atoms with Crippen LogP contribution in [0.1, 0.15) is 27.7 Å². The van der Waals surface area contributed by atoms with Gasteiger partial charge in [0.05, 0.1) is 20.9 Å². The molecule has 1 aromatic heterocycles. The minimum absolute atomic E-state index is 0.373. The summed E-state index contributed by atoms with van der Waals surface area (Å²) < 4.78 is 14.9. The Morgan fingerprint density at radius 3 is 2.33 bits per heavy atom. The summed E-state index contributed by atoms with van der Waals surface area (Å²) in [6.45, 7) is 8.28. The summed E-state index contributed by atoms with van der Waals surface area (Å²) in [6.07, 6.45) is 0. The van der Waals surface area contributed by atoms with E-state index in [1.807, 2.05) is 6.07 Å². The third-order valence-electron chi connectivity index (χ3n) is 5.96. The zero-order valence-corrected chi connectivity index (χ0v) is 17.4. The van der Waals surface area contributed by atoms with Crippen LogP contribution in [0.2, 0.25) is 5.02 Å². The number of rotatable bonds is 1. The van der Waals surface area contributed by atoms with Crippen LogP contribution in [-0.2, 0) is 9.31 Å². The van der Waals surface area contributed by atoms with Crippen LogP contribution in [0.5, 0.6) is 0 Å². The smallest absolute Gasteiger partial charge is 0.399 e. The van der Waals surface area contributed by atoms with Gasteiger partial charge in [0.1, 0.15) is 0 Å². The van der Waals surface area contributed by atoms with E-state index >= 15 is 0 Å². The second kappa shape index (κ2) is 5.71. The van der Waals surface area contributed by atoms with E-state index in [4.69, 9.17) is 20.9 Å². The molecule has 1 aliphatic heterocycles. The van der Waals surface area contributed by atoms with Crippen LogP contribution in [0.4, 0.5) is 0 Å². The Morgan fingerprint density at radius 2 is 1.59 bits per heavy atom. The highest BCUT2D eigenvalue weighted by Crippen LogP contribution is 2.42. The molecule has 0 atom stereocenters. The van der Waals surface area contributed by atoms with E-state index in [0.717, 1.165) is 15.2 Å². The lowest BCUT2D eigenvalue weighted by Gasteiger charge is -2.32. The maximum atomic E-state index is 6.70. The molecule has 5 rings (SSSR count). The number of hydrogen-bond acceptors (Lipinski definition) is 3. The molecule has 0 amide bonds. The predicted octanol–water partition coefficient (Wildman–Crippen LogP) is 6.16. The van der Waals surface area contributed by atoms with Crippen molar-refractivity contribution in [3.8, 4) is 0 Å². The van der Waals surface area contributed by atoms with E-state index in [1.54, 1.807) is 11.3 Å². The lowest BCUT2D eigenvalue weighted by atomic mass is 9.78. The second-order valence-corrected chi connectivity index (χ2v) is 9.69. The quantitative estimate of drug-likeness (QED) is 0.360. The van der Waals surface area contributed by atoms with Crippen LogP contribution in [0.25, 0.3) is 30.9 Å². The van der Waals surface area contributed by atoms with Crippen LogP contribution in [0.15, 0.2) is 48.5 Å². The van der Waals surface area contributed by atoms with Gasteiger partial charge in [-0.1, -0.05) is 48.0 Å². The number of benzene rings is 3. The van der Waals surface area contributed by atoms with Gasteiger partial charge in [0, 0.05) is 15.5 Å². The molecular weight excluding hydrogens is 375 g/mol. The molecule has 0 radical (unpaired) electrons. The standard InChI is InChI=1S/C22H20BClO2S/c1-21(2)22(3,4)26-23(25-21)14-11-16-19-15-8-6-5-7-13(15)9-10-18(19)27-20(16)17(24)12-14/h5-12H,1-4H3. The van der Waals surface area contributed by atoms with Gasteiger partial charge in [0.25, 0.3) is 0 Å². The first kappa shape index (κ1) is 17.5. The maximum absolute atomic E-state index is 6.70. The fraction of sp³-hybridized carbons (Fsp3) is 0.273. The SMILES string of the molecule is CC1(C)OB(c2cc(Cl)c3sc4ccc5ccccc5c4c3c2)OC1(C)C. The minimum atomic E-state index is -0.415. The molecule has 0 spiro atoms. The van der Waals surface area contributed by atoms with E-state index in [2.05, 4.69) is 70.2 Å². The van der Waals surface area contributed by atoms with Crippen molar-refractivity contribution in [2.75, 3.05) is 0 Å². The summed E-state index contributed by atoms with van der Waals surface area (Å²) in [7, 11) is -0.415. The molecule has 4 aromatic rings. The fourth-order valence-electron chi connectivity index (χ4n) is 3.74. The van der Waals surface area contributed by atoms with Crippen LogP contribution < -0.4 is 5.46 Å². The Hall–Kier alpha value is -1.59. The van der Waals surface area contributed by atoms with Gasteiger partial charge >= 0.3 is 7.12 Å². The summed E-state index contributed by atoms with van der Waals surface area (Å²) >= 11 is 8.45. The molecule has 1 saturated heterocycles. The van der Waals surface area contributed by atoms with Crippen molar-refractivity contribution < 1.29 is 9.31 Å². The lowest BCUT2D eigenvalue weighted by Crippen LogP contribution is -2.41. The van der Waals surface area contributed by atoms with Gasteiger partial charge in [-0.3, -0.25) is 0 Å². The molecule has 1 fully saturated rings. The molecular formula is C22H20BClO2S. The van der Waals surface area contributed by atoms with Crippen molar-refractivity contribution in [2.24, 2.45) is 0 Å². The van der Waals surface area contributed by atoms with Gasteiger partial charge in [0.15, 0.2) is 0 Å². The third-order valence-corrected chi connectivity index (χ3v) is 7.58. The highest BCUT2D eigenvalue weighted by atomic mass is 35.5.